The SMILES string of the molecule is N#Cc1cncc(N2CCCC[C@@H]2c2ccc(F)cn2)n1. The highest BCUT2D eigenvalue weighted by Crippen LogP contribution is 2.32. The van der Waals surface area contributed by atoms with E-state index in [9.17, 15) is 4.39 Å². The topological polar surface area (TPSA) is 65.7 Å². The van der Waals surface area contributed by atoms with Crippen LogP contribution in [0.2, 0.25) is 0 Å². The van der Waals surface area contributed by atoms with Crippen molar-refractivity contribution >= 4 is 5.82 Å². The van der Waals surface area contributed by atoms with Gasteiger partial charge in [0.15, 0.2) is 5.69 Å². The Morgan fingerprint density at radius 3 is 2.90 bits per heavy atom. The van der Waals surface area contributed by atoms with Gasteiger partial charge in [0, 0.05) is 6.54 Å². The molecule has 0 unspecified atom stereocenters. The van der Waals surface area contributed by atoms with Gasteiger partial charge in [0.1, 0.15) is 17.7 Å². The fourth-order valence-corrected chi connectivity index (χ4v) is 2.65. The van der Waals surface area contributed by atoms with Crippen LogP contribution in [0.1, 0.15) is 36.7 Å². The summed E-state index contributed by atoms with van der Waals surface area (Å²) in [5, 5.41) is 8.95. The molecule has 5 nitrogen and oxygen atoms in total. The van der Waals surface area contributed by atoms with Gasteiger partial charge in [-0.2, -0.15) is 5.26 Å². The van der Waals surface area contributed by atoms with E-state index in [2.05, 4.69) is 19.9 Å². The maximum atomic E-state index is 13.0. The Hall–Kier alpha value is -2.55. The van der Waals surface area contributed by atoms with E-state index in [4.69, 9.17) is 5.26 Å². The van der Waals surface area contributed by atoms with E-state index in [-0.39, 0.29) is 11.9 Å². The Bertz CT molecular complexity index is 665. The van der Waals surface area contributed by atoms with Crippen LogP contribution in [0, 0.1) is 17.1 Å². The summed E-state index contributed by atoms with van der Waals surface area (Å²) in [4.78, 5) is 14.7. The van der Waals surface area contributed by atoms with Crippen LogP contribution in [0.5, 0.6) is 0 Å². The molecule has 0 radical (unpaired) electrons. The molecule has 1 aliphatic heterocycles. The molecule has 3 rings (SSSR count). The van der Waals surface area contributed by atoms with Gasteiger partial charge in [-0.25, -0.2) is 9.37 Å². The predicted octanol–water partition coefficient (Wildman–Crippen LogP) is 2.61. The van der Waals surface area contributed by atoms with Gasteiger partial charge in [0.2, 0.25) is 0 Å². The molecule has 0 amide bonds. The minimum absolute atomic E-state index is 0.0441. The minimum atomic E-state index is -0.340. The van der Waals surface area contributed by atoms with Crippen LogP contribution in [0.25, 0.3) is 0 Å². The van der Waals surface area contributed by atoms with E-state index < -0.39 is 0 Å². The Morgan fingerprint density at radius 2 is 2.14 bits per heavy atom. The van der Waals surface area contributed by atoms with Gasteiger partial charge in [-0.15, -0.1) is 0 Å². The second-order valence-corrected chi connectivity index (χ2v) is 4.98. The van der Waals surface area contributed by atoms with Crippen molar-refractivity contribution in [3.8, 4) is 6.07 Å². The largest absolute Gasteiger partial charge is 0.347 e. The number of halogens is 1. The zero-order valence-electron chi connectivity index (χ0n) is 11.4. The average Bonchev–Trinajstić information content (AvgIpc) is 2.56. The van der Waals surface area contributed by atoms with Crippen LogP contribution in [0.4, 0.5) is 10.2 Å². The number of nitrogens with zero attached hydrogens (tertiary/aromatic N) is 5. The maximum absolute atomic E-state index is 13.0. The van der Waals surface area contributed by atoms with E-state index in [1.807, 2.05) is 6.07 Å². The van der Waals surface area contributed by atoms with Crippen molar-refractivity contribution in [2.75, 3.05) is 11.4 Å². The van der Waals surface area contributed by atoms with Crippen LogP contribution in [0.15, 0.2) is 30.7 Å². The Morgan fingerprint density at radius 1 is 1.24 bits per heavy atom. The first kappa shape index (κ1) is 13.4. The van der Waals surface area contributed by atoms with E-state index >= 15 is 0 Å². The first-order chi connectivity index (χ1) is 10.3. The fraction of sp³-hybridized carbons (Fsp3) is 0.333. The number of hydrogen-bond donors (Lipinski definition) is 0. The summed E-state index contributed by atoms with van der Waals surface area (Å²) in [5.41, 5.74) is 1.11. The number of rotatable bonds is 2. The molecule has 3 heterocycles. The van der Waals surface area contributed by atoms with Crippen molar-refractivity contribution in [1.29, 1.82) is 5.26 Å². The molecule has 1 atom stereocenters. The van der Waals surface area contributed by atoms with Crippen molar-refractivity contribution in [2.24, 2.45) is 0 Å². The summed E-state index contributed by atoms with van der Waals surface area (Å²) in [6, 6.07) is 5.18. The molecule has 0 saturated carbocycles. The molecular weight excluding hydrogens is 269 g/mol. The van der Waals surface area contributed by atoms with Gasteiger partial charge < -0.3 is 4.90 Å². The Kier molecular flexibility index (Phi) is 3.73. The zero-order valence-corrected chi connectivity index (χ0v) is 11.4. The van der Waals surface area contributed by atoms with E-state index in [0.717, 1.165) is 31.5 Å². The molecule has 2 aromatic heterocycles. The molecule has 1 fully saturated rings. The van der Waals surface area contributed by atoms with Crippen LogP contribution >= 0.6 is 0 Å². The highest BCUT2D eigenvalue weighted by molar-refractivity contribution is 5.42. The number of anilines is 1. The van der Waals surface area contributed by atoms with Gasteiger partial charge in [-0.3, -0.25) is 9.97 Å². The third kappa shape index (κ3) is 2.82. The summed E-state index contributed by atoms with van der Waals surface area (Å²) < 4.78 is 13.0. The third-order valence-corrected chi connectivity index (χ3v) is 3.63. The third-order valence-electron chi connectivity index (χ3n) is 3.63. The minimum Gasteiger partial charge on any atom is -0.347 e. The molecule has 0 N–H and O–H groups in total. The second kappa shape index (κ2) is 5.83. The van der Waals surface area contributed by atoms with Crippen molar-refractivity contribution in [1.82, 2.24) is 15.0 Å². The predicted molar refractivity (Wildman–Crippen MR) is 74.9 cm³/mol. The Labute approximate surface area is 122 Å². The van der Waals surface area contributed by atoms with Gasteiger partial charge >= 0.3 is 0 Å². The Balaban J connectivity index is 1.94. The smallest absolute Gasteiger partial charge is 0.161 e. The standard InChI is InChI=1S/C15H14FN5/c16-11-4-5-13(19-8-11)14-3-1-2-6-21(14)15-10-18-9-12(7-17)20-15/h4-5,8-10,14H,1-3,6H2/t14-/m1/s1. The van der Waals surface area contributed by atoms with Crippen molar-refractivity contribution in [3.05, 3.63) is 47.9 Å². The molecule has 6 heteroatoms. The van der Waals surface area contributed by atoms with Gasteiger partial charge in [-0.1, -0.05) is 0 Å². The van der Waals surface area contributed by atoms with Gasteiger partial charge in [-0.05, 0) is 31.4 Å². The van der Waals surface area contributed by atoms with Crippen LogP contribution in [-0.2, 0) is 0 Å². The maximum Gasteiger partial charge on any atom is 0.161 e. The summed E-state index contributed by atoms with van der Waals surface area (Å²) in [6.45, 7) is 0.827. The lowest BCUT2D eigenvalue weighted by atomic mass is 9.99. The highest BCUT2D eigenvalue weighted by Gasteiger charge is 2.26. The van der Waals surface area contributed by atoms with E-state index in [0.29, 0.717) is 11.5 Å². The molecule has 1 aliphatic rings. The first-order valence-electron chi connectivity index (χ1n) is 6.88. The fourth-order valence-electron chi connectivity index (χ4n) is 2.65. The summed E-state index contributed by atoms with van der Waals surface area (Å²) >= 11 is 0. The van der Waals surface area contributed by atoms with Crippen molar-refractivity contribution in [3.63, 3.8) is 0 Å². The molecule has 0 bridgehead atoms. The monoisotopic (exact) mass is 283 g/mol. The lowest BCUT2D eigenvalue weighted by Crippen LogP contribution is -2.34. The van der Waals surface area contributed by atoms with Crippen LogP contribution < -0.4 is 4.90 Å². The van der Waals surface area contributed by atoms with E-state index in [1.54, 1.807) is 12.3 Å². The second-order valence-electron chi connectivity index (χ2n) is 4.98. The van der Waals surface area contributed by atoms with Crippen molar-refractivity contribution < 1.29 is 4.39 Å². The number of piperidine rings is 1. The molecule has 0 spiro atoms. The summed E-state index contributed by atoms with van der Waals surface area (Å²) in [6.07, 6.45) is 7.40. The van der Waals surface area contributed by atoms with Gasteiger partial charge in [0.25, 0.3) is 0 Å². The van der Waals surface area contributed by atoms with Crippen molar-refractivity contribution in [2.45, 2.75) is 25.3 Å². The quantitative estimate of drug-likeness (QED) is 0.847. The molecule has 1 saturated heterocycles. The molecule has 106 valence electrons. The first-order valence-corrected chi connectivity index (χ1v) is 6.88. The highest BCUT2D eigenvalue weighted by atomic mass is 19.1. The molecule has 2 aromatic rings. The normalized spacial score (nSPS) is 18.3. The molecule has 0 aliphatic carbocycles. The van der Waals surface area contributed by atoms with Crippen LogP contribution in [-0.4, -0.2) is 21.5 Å². The number of pyridine rings is 1. The lowest BCUT2D eigenvalue weighted by molar-refractivity contribution is 0.460. The molecular formula is C15H14FN5. The number of nitriles is 1. The molecule has 21 heavy (non-hydrogen) atoms. The average molecular weight is 283 g/mol. The number of hydrogen-bond acceptors (Lipinski definition) is 5. The lowest BCUT2D eigenvalue weighted by Gasteiger charge is -2.36. The zero-order chi connectivity index (χ0) is 14.7. The van der Waals surface area contributed by atoms with E-state index in [1.165, 1.54) is 18.5 Å². The van der Waals surface area contributed by atoms with Gasteiger partial charge in [0.05, 0.1) is 30.3 Å². The summed E-state index contributed by atoms with van der Waals surface area (Å²) in [5.74, 6) is 0.331. The summed E-state index contributed by atoms with van der Waals surface area (Å²) in [7, 11) is 0. The molecule has 0 aromatic carbocycles. The van der Waals surface area contributed by atoms with Crippen LogP contribution in [0.3, 0.4) is 0 Å². The number of aromatic nitrogens is 3.